The van der Waals surface area contributed by atoms with Crippen LogP contribution in [0, 0.1) is 0 Å². The highest BCUT2D eigenvalue weighted by Gasteiger charge is 2.16. The molecule has 0 heterocycles. The lowest BCUT2D eigenvalue weighted by Gasteiger charge is -2.22. The van der Waals surface area contributed by atoms with Gasteiger partial charge in [0.1, 0.15) is 0 Å². The number of hydrogen-bond donors (Lipinski definition) is 1. The van der Waals surface area contributed by atoms with Gasteiger partial charge in [0.05, 0.1) is 0 Å². The molecular formula is C8H11N. The second kappa shape index (κ2) is 1.85. The molecule has 1 aromatic carbocycles. The van der Waals surface area contributed by atoms with Gasteiger partial charge in [0.15, 0.2) is 0 Å². The van der Waals surface area contributed by atoms with Crippen LogP contribution in [0.1, 0.15) is 24.0 Å². The molecule has 0 unspecified atom stereocenters. The minimum atomic E-state index is 0. The summed E-state index contributed by atoms with van der Waals surface area (Å²) >= 11 is 0. The lowest BCUT2D eigenvalue weighted by atomic mass is 9.82. The monoisotopic (exact) mass is 121 g/mol. The summed E-state index contributed by atoms with van der Waals surface area (Å²) in [6, 6.07) is 8.71. The van der Waals surface area contributed by atoms with Crippen molar-refractivity contribution < 1.29 is 0 Å². The van der Waals surface area contributed by atoms with E-state index in [1.54, 1.807) is 0 Å². The Morgan fingerprint density at radius 3 is 2.00 bits per heavy atom. The molecule has 3 rings (SSSR count). The molecule has 1 heteroatoms. The van der Waals surface area contributed by atoms with Gasteiger partial charge in [-0.3, -0.25) is 0 Å². The zero-order valence-electron chi connectivity index (χ0n) is 5.59. The summed E-state index contributed by atoms with van der Waals surface area (Å²) < 4.78 is 0. The van der Waals surface area contributed by atoms with E-state index in [2.05, 4.69) is 31.2 Å². The Balaban J connectivity index is 0.000000405. The zero-order chi connectivity index (χ0) is 5.56. The van der Waals surface area contributed by atoms with E-state index in [4.69, 9.17) is 0 Å². The van der Waals surface area contributed by atoms with Gasteiger partial charge in [-0.1, -0.05) is 31.2 Å². The predicted octanol–water partition coefficient (Wildman–Crippen LogP) is 2.31. The average Bonchev–Trinajstić information content (AvgIpc) is 1.89. The van der Waals surface area contributed by atoms with Crippen molar-refractivity contribution in [2.75, 3.05) is 0 Å². The fourth-order valence-corrected chi connectivity index (χ4v) is 1.19. The standard InChI is InChI=1S/C8H8.H3N/c1-6-7-3-2-4-8(6)5-7;/h2-6H,1H3;1H3. The maximum Gasteiger partial charge on any atom is 0.00612 e. The van der Waals surface area contributed by atoms with E-state index in [9.17, 15) is 0 Å². The fourth-order valence-electron chi connectivity index (χ4n) is 1.19. The van der Waals surface area contributed by atoms with Crippen LogP contribution in [0.3, 0.4) is 0 Å². The molecule has 2 aliphatic rings. The Morgan fingerprint density at radius 2 is 1.78 bits per heavy atom. The summed E-state index contributed by atoms with van der Waals surface area (Å²) in [6.07, 6.45) is 0. The summed E-state index contributed by atoms with van der Waals surface area (Å²) in [5.74, 6) is 0.736. The second-order valence-corrected chi connectivity index (χ2v) is 2.39. The molecule has 0 aromatic heterocycles. The largest absolute Gasteiger partial charge is 0.344 e. The Labute approximate surface area is 55.3 Å². The van der Waals surface area contributed by atoms with E-state index in [0.29, 0.717) is 0 Å². The van der Waals surface area contributed by atoms with Crippen molar-refractivity contribution in [3.8, 4) is 0 Å². The van der Waals surface area contributed by atoms with Crippen LogP contribution in [0.4, 0.5) is 0 Å². The van der Waals surface area contributed by atoms with Crippen LogP contribution in [0.5, 0.6) is 0 Å². The first-order chi connectivity index (χ1) is 3.88. The van der Waals surface area contributed by atoms with Crippen molar-refractivity contribution in [2.45, 2.75) is 12.8 Å². The molecule has 0 radical (unpaired) electrons. The molecule has 48 valence electrons. The van der Waals surface area contributed by atoms with Gasteiger partial charge < -0.3 is 6.15 Å². The Morgan fingerprint density at radius 1 is 1.22 bits per heavy atom. The van der Waals surface area contributed by atoms with Gasteiger partial charge in [-0.05, 0) is 11.1 Å². The van der Waals surface area contributed by atoms with E-state index in [-0.39, 0.29) is 6.15 Å². The van der Waals surface area contributed by atoms with E-state index in [0.717, 1.165) is 5.92 Å². The molecule has 2 bridgehead atoms. The molecule has 2 aliphatic carbocycles. The molecule has 0 atom stereocenters. The topological polar surface area (TPSA) is 35.0 Å². The van der Waals surface area contributed by atoms with Crippen LogP contribution in [-0.2, 0) is 0 Å². The summed E-state index contributed by atoms with van der Waals surface area (Å²) in [7, 11) is 0. The summed E-state index contributed by atoms with van der Waals surface area (Å²) in [4.78, 5) is 0. The third-order valence-corrected chi connectivity index (χ3v) is 1.91. The molecular weight excluding hydrogens is 110 g/mol. The zero-order valence-corrected chi connectivity index (χ0v) is 5.59. The van der Waals surface area contributed by atoms with Crippen molar-refractivity contribution in [3.63, 3.8) is 0 Å². The highest BCUT2D eigenvalue weighted by atomic mass is 14.2. The van der Waals surface area contributed by atoms with Crippen LogP contribution in [0.25, 0.3) is 0 Å². The van der Waals surface area contributed by atoms with E-state index < -0.39 is 0 Å². The van der Waals surface area contributed by atoms with Gasteiger partial charge in [-0.2, -0.15) is 0 Å². The van der Waals surface area contributed by atoms with Crippen LogP contribution >= 0.6 is 0 Å². The summed E-state index contributed by atoms with van der Waals surface area (Å²) in [6.45, 7) is 2.24. The lowest BCUT2D eigenvalue weighted by molar-refractivity contribution is 0.855. The predicted molar refractivity (Wildman–Crippen MR) is 39.0 cm³/mol. The van der Waals surface area contributed by atoms with E-state index in [1.807, 2.05) is 0 Å². The average molecular weight is 121 g/mol. The van der Waals surface area contributed by atoms with E-state index in [1.165, 1.54) is 11.1 Å². The van der Waals surface area contributed by atoms with Crippen LogP contribution < -0.4 is 6.15 Å². The summed E-state index contributed by atoms with van der Waals surface area (Å²) in [5.41, 5.74) is 2.98. The van der Waals surface area contributed by atoms with Crippen LogP contribution in [0.15, 0.2) is 24.3 Å². The minimum absolute atomic E-state index is 0. The third kappa shape index (κ3) is 0.653. The second-order valence-electron chi connectivity index (χ2n) is 2.39. The maximum atomic E-state index is 2.24. The van der Waals surface area contributed by atoms with Gasteiger partial charge >= 0.3 is 0 Å². The normalized spacial score (nSPS) is 13.9. The Hall–Kier alpha value is -0.820. The minimum Gasteiger partial charge on any atom is -0.344 e. The number of rotatable bonds is 0. The molecule has 1 nitrogen and oxygen atoms in total. The van der Waals surface area contributed by atoms with Gasteiger partial charge in [-0.25, -0.2) is 0 Å². The molecule has 0 saturated carbocycles. The van der Waals surface area contributed by atoms with Crippen LogP contribution in [-0.4, -0.2) is 0 Å². The van der Waals surface area contributed by atoms with Crippen molar-refractivity contribution in [2.24, 2.45) is 0 Å². The highest BCUT2D eigenvalue weighted by molar-refractivity contribution is 5.42. The Bertz CT molecular complexity index is 191. The van der Waals surface area contributed by atoms with Crippen molar-refractivity contribution in [3.05, 3.63) is 35.4 Å². The quantitative estimate of drug-likeness (QED) is 0.561. The molecule has 0 fully saturated rings. The van der Waals surface area contributed by atoms with E-state index >= 15 is 0 Å². The molecule has 9 heavy (non-hydrogen) atoms. The number of hydrogen-bond acceptors (Lipinski definition) is 1. The summed E-state index contributed by atoms with van der Waals surface area (Å²) in [5, 5.41) is 0. The maximum absolute atomic E-state index is 2.24. The first-order valence-corrected chi connectivity index (χ1v) is 2.98. The molecule has 0 spiro atoms. The SMILES string of the molecule is CC1c2cccc1c2.N. The van der Waals surface area contributed by atoms with Crippen LogP contribution in [0.2, 0.25) is 0 Å². The van der Waals surface area contributed by atoms with Crippen molar-refractivity contribution >= 4 is 0 Å². The first kappa shape index (κ1) is 6.30. The molecule has 0 aliphatic heterocycles. The molecule has 0 amide bonds. The van der Waals surface area contributed by atoms with Gasteiger partial charge in [0.25, 0.3) is 0 Å². The smallest absolute Gasteiger partial charge is 0.00612 e. The molecule has 1 aromatic rings. The first-order valence-electron chi connectivity index (χ1n) is 2.98. The van der Waals surface area contributed by atoms with Crippen molar-refractivity contribution in [1.29, 1.82) is 0 Å². The van der Waals surface area contributed by atoms with Gasteiger partial charge in [-0.15, -0.1) is 0 Å². The lowest BCUT2D eigenvalue weighted by Crippen LogP contribution is -2.05. The van der Waals surface area contributed by atoms with Gasteiger partial charge in [0, 0.05) is 5.92 Å². The highest BCUT2D eigenvalue weighted by Crippen LogP contribution is 2.33. The van der Waals surface area contributed by atoms with Gasteiger partial charge in [0.2, 0.25) is 0 Å². The molecule has 0 saturated heterocycles. The molecule has 3 N–H and O–H groups in total. The Kier molecular flexibility index (Phi) is 1.29. The third-order valence-electron chi connectivity index (χ3n) is 1.91. The number of fused-ring (bicyclic) bond motifs is 2. The number of benzene rings is 1. The van der Waals surface area contributed by atoms with Crippen molar-refractivity contribution in [1.82, 2.24) is 6.15 Å². The fraction of sp³-hybridized carbons (Fsp3) is 0.250.